The molecule has 2 unspecified atom stereocenters. The number of rotatable bonds is 56. The first-order valence-corrected chi connectivity index (χ1v) is 32.8. The number of hydrogen-bond donors (Lipinski definition) is 1. The zero-order chi connectivity index (χ0) is 57.0. The molecule has 0 rings (SSSR count). The van der Waals surface area contributed by atoms with E-state index in [0.717, 1.165) is 116 Å². The van der Waals surface area contributed by atoms with Crippen molar-refractivity contribution < 1.29 is 42.1 Å². The smallest absolute Gasteiger partial charge is 0.462 e. The molecule has 0 saturated carbocycles. The van der Waals surface area contributed by atoms with Crippen LogP contribution in [0, 0.1) is 0 Å². The fourth-order valence-corrected chi connectivity index (χ4v) is 8.92. The Balaban J connectivity index is 4.14. The molecule has 1 N–H and O–H groups in total. The van der Waals surface area contributed by atoms with Crippen molar-refractivity contribution in [1.82, 2.24) is 0 Å². The van der Waals surface area contributed by atoms with Crippen LogP contribution in [0.4, 0.5) is 0 Å². The van der Waals surface area contributed by atoms with Crippen molar-refractivity contribution in [2.24, 2.45) is 0 Å². The monoisotopic (exact) mass is 1110 g/mol. The summed E-state index contributed by atoms with van der Waals surface area (Å²) in [5, 5.41) is 0. The number of likely N-dealkylation sites (N-methyl/N-ethyl adjacent to an activating group) is 1. The molecule has 9 nitrogen and oxygen atoms in total. The standard InChI is InChI=1S/C68H116NO8P/c1-6-8-10-12-14-16-18-20-22-24-25-26-27-28-29-30-31-32-33-34-35-36-37-38-39-40-41-42-43-45-47-49-51-53-55-57-59-61-68(71)77-66(65-76-78(72,73)75-63-62-69(3,4)5)64-74-67(70)60-58-56-54-52-50-48-46-44-23-21-19-17-15-13-11-9-7-2/h8,10,14,16,20-23,25-26,28-29,31-32,34-35,37-38,40-41,66H,6-7,9,11-13,15,17-19,24,27,30,33,36,39,42-65H2,1-5H3/p+1/b10-8-,16-14-,22-20-,23-21-,26-25-,29-28-,32-31-,35-34-,38-37-,41-40-. The Kier molecular flexibility index (Phi) is 55.4. The number of hydrogen-bond acceptors (Lipinski definition) is 7. The molecular formula is C68H117NO8P+. The molecule has 0 aromatic heterocycles. The lowest BCUT2D eigenvalue weighted by molar-refractivity contribution is -0.870. The molecule has 0 aromatic carbocycles. The molecule has 78 heavy (non-hydrogen) atoms. The minimum absolute atomic E-state index is 0.0246. The summed E-state index contributed by atoms with van der Waals surface area (Å²) in [6.45, 7) is 4.30. The highest BCUT2D eigenvalue weighted by molar-refractivity contribution is 7.47. The molecular weight excluding hydrogens is 990 g/mol. The van der Waals surface area contributed by atoms with Gasteiger partial charge in [0.15, 0.2) is 6.10 Å². The normalized spacial score (nSPS) is 14.1. The maximum atomic E-state index is 12.8. The number of phosphoric ester groups is 1. The van der Waals surface area contributed by atoms with Crippen molar-refractivity contribution in [3.05, 3.63) is 122 Å². The van der Waals surface area contributed by atoms with Crippen LogP contribution < -0.4 is 0 Å². The van der Waals surface area contributed by atoms with Gasteiger partial charge in [-0.2, -0.15) is 0 Å². The van der Waals surface area contributed by atoms with Gasteiger partial charge in [0.2, 0.25) is 0 Å². The summed E-state index contributed by atoms with van der Waals surface area (Å²) < 4.78 is 34.6. The number of phosphoric acid groups is 1. The van der Waals surface area contributed by atoms with E-state index in [-0.39, 0.29) is 32.0 Å². The summed E-state index contributed by atoms with van der Waals surface area (Å²) >= 11 is 0. The van der Waals surface area contributed by atoms with Gasteiger partial charge >= 0.3 is 19.8 Å². The van der Waals surface area contributed by atoms with E-state index in [9.17, 15) is 19.0 Å². The molecule has 0 bridgehead atoms. The van der Waals surface area contributed by atoms with Gasteiger partial charge < -0.3 is 18.9 Å². The number of allylic oxidation sites excluding steroid dienone is 20. The lowest BCUT2D eigenvalue weighted by Gasteiger charge is -2.24. The van der Waals surface area contributed by atoms with Crippen LogP contribution in [0.5, 0.6) is 0 Å². The van der Waals surface area contributed by atoms with Gasteiger partial charge in [0.25, 0.3) is 0 Å². The number of unbranched alkanes of at least 4 members (excludes halogenated alkanes) is 22. The molecule has 10 heteroatoms. The van der Waals surface area contributed by atoms with E-state index in [0.29, 0.717) is 17.4 Å². The maximum Gasteiger partial charge on any atom is 0.472 e. The number of ether oxygens (including phenoxy) is 2. The van der Waals surface area contributed by atoms with Crippen molar-refractivity contribution in [3.8, 4) is 0 Å². The average molecular weight is 1110 g/mol. The number of esters is 2. The van der Waals surface area contributed by atoms with E-state index < -0.39 is 26.5 Å². The first-order valence-electron chi connectivity index (χ1n) is 31.3. The molecule has 0 saturated heterocycles. The number of carbonyl (C=O) groups is 2. The molecule has 0 radical (unpaired) electrons. The third kappa shape index (κ3) is 61.6. The van der Waals surface area contributed by atoms with Crippen LogP contribution in [0.25, 0.3) is 0 Å². The fourth-order valence-electron chi connectivity index (χ4n) is 8.18. The van der Waals surface area contributed by atoms with Crippen LogP contribution in [0.3, 0.4) is 0 Å². The van der Waals surface area contributed by atoms with Gasteiger partial charge in [0.1, 0.15) is 19.8 Å². The summed E-state index contributed by atoms with van der Waals surface area (Å²) in [7, 11) is 1.46. The van der Waals surface area contributed by atoms with Gasteiger partial charge in [-0.1, -0.05) is 245 Å². The fraction of sp³-hybridized carbons (Fsp3) is 0.676. The average Bonchev–Trinajstić information content (AvgIpc) is 3.41. The maximum absolute atomic E-state index is 12.8. The van der Waals surface area contributed by atoms with E-state index in [1.54, 1.807) is 0 Å². The van der Waals surface area contributed by atoms with Crippen molar-refractivity contribution in [2.75, 3.05) is 47.5 Å². The highest BCUT2D eigenvalue weighted by Gasteiger charge is 2.27. The van der Waals surface area contributed by atoms with Crippen LogP contribution in [-0.2, 0) is 32.7 Å². The predicted molar refractivity (Wildman–Crippen MR) is 334 cm³/mol. The Labute approximate surface area is 479 Å². The van der Waals surface area contributed by atoms with E-state index in [2.05, 4.69) is 135 Å². The number of quaternary nitrogens is 1. The lowest BCUT2D eigenvalue weighted by atomic mass is 10.1. The minimum Gasteiger partial charge on any atom is -0.462 e. The SMILES string of the molecule is CC/C=C\C/C=C\C/C=C\C/C=C\C/C=C\C/C=C\C/C=C\C/C=C\C/C=C\CCCCCCCCCCCC(=O)OC(COC(=O)CCCCCCCCC/C=C\CCCCCCCC)COP(=O)(O)OCC[N+](C)(C)C. The second kappa shape index (κ2) is 58.1. The van der Waals surface area contributed by atoms with Crippen molar-refractivity contribution in [2.45, 2.75) is 251 Å². The van der Waals surface area contributed by atoms with Gasteiger partial charge in [-0.15, -0.1) is 0 Å². The second-order valence-electron chi connectivity index (χ2n) is 21.7. The van der Waals surface area contributed by atoms with Crippen molar-refractivity contribution in [1.29, 1.82) is 0 Å². The van der Waals surface area contributed by atoms with Crippen molar-refractivity contribution in [3.63, 3.8) is 0 Å². The molecule has 2 atom stereocenters. The second-order valence-corrected chi connectivity index (χ2v) is 23.2. The topological polar surface area (TPSA) is 108 Å². The van der Waals surface area contributed by atoms with E-state index in [1.165, 1.54) is 96.3 Å². The molecule has 0 fully saturated rings. The van der Waals surface area contributed by atoms with Crippen LogP contribution >= 0.6 is 7.82 Å². The van der Waals surface area contributed by atoms with E-state index in [1.807, 2.05) is 21.1 Å². The molecule has 0 amide bonds. The Morgan fingerprint density at radius 1 is 0.410 bits per heavy atom. The first-order chi connectivity index (χ1) is 38.0. The highest BCUT2D eigenvalue weighted by Crippen LogP contribution is 2.43. The quantitative estimate of drug-likeness (QED) is 0.0211. The Bertz CT molecular complexity index is 1730. The van der Waals surface area contributed by atoms with Crippen LogP contribution in [0.15, 0.2) is 122 Å². The molecule has 0 aliphatic carbocycles. The predicted octanol–water partition coefficient (Wildman–Crippen LogP) is 19.9. The van der Waals surface area contributed by atoms with E-state index >= 15 is 0 Å². The molecule has 0 aromatic rings. The third-order valence-corrected chi connectivity index (χ3v) is 14.0. The first kappa shape index (κ1) is 74.4. The summed E-state index contributed by atoms with van der Waals surface area (Å²) in [5.41, 5.74) is 0. The molecule has 0 aliphatic rings. The highest BCUT2D eigenvalue weighted by atomic mass is 31.2. The van der Waals surface area contributed by atoms with Crippen LogP contribution in [-0.4, -0.2) is 74.9 Å². The Morgan fingerprint density at radius 3 is 1.10 bits per heavy atom. The zero-order valence-electron chi connectivity index (χ0n) is 50.6. The zero-order valence-corrected chi connectivity index (χ0v) is 51.5. The van der Waals surface area contributed by atoms with Crippen molar-refractivity contribution >= 4 is 19.8 Å². The van der Waals surface area contributed by atoms with Gasteiger partial charge in [-0.3, -0.25) is 18.6 Å². The molecule has 0 aliphatic heterocycles. The lowest BCUT2D eigenvalue weighted by Crippen LogP contribution is -2.37. The largest absolute Gasteiger partial charge is 0.472 e. The van der Waals surface area contributed by atoms with Gasteiger partial charge in [0, 0.05) is 12.8 Å². The Morgan fingerprint density at radius 2 is 0.731 bits per heavy atom. The van der Waals surface area contributed by atoms with Crippen LogP contribution in [0.1, 0.15) is 245 Å². The minimum atomic E-state index is -4.40. The van der Waals surface area contributed by atoms with E-state index in [4.69, 9.17) is 18.5 Å². The van der Waals surface area contributed by atoms with Gasteiger partial charge in [-0.25, -0.2) is 4.57 Å². The molecule has 446 valence electrons. The molecule has 0 spiro atoms. The summed E-state index contributed by atoms with van der Waals surface area (Å²) in [6, 6.07) is 0. The summed E-state index contributed by atoms with van der Waals surface area (Å²) in [5.74, 6) is -0.813. The third-order valence-electron chi connectivity index (χ3n) is 13.0. The summed E-state index contributed by atoms with van der Waals surface area (Å²) in [4.78, 5) is 35.7. The Hall–Kier alpha value is -3.59. The number of carbonyl (C=O) groups excluding carboxylic acids is 2. The van der Waals surface area contributed by atoms with Gasteiger partial charge in [0.05, 0.1) is 27.7 Å². The van der Waals surface area contributed by atoms with Crippen LogP contribution in [0.2, 0.25) is 0 Å². The number of nitrogens with zero attached hydrogens (tertiary/aromatic N) is 1. The summed E-state index contributed by atoms with van der Waals surface area (Å²) in [6.07, 6.45) is 82.7. The molecule has 0 heterocycles. The van der Waals surface area contributed by atoms with Gasteiger partial charge in [-0.05, 0) is 109 Å².